The van der Waals surface area contributed by atoms with Crippen LogP contribution in [-0.4, -0.2) is 5.11 Å². The maximum atomic E-state index is 10.4. The van der Waals surface area contributed by atoms with E-state index in [0.717, 1.165) is 25.7 Å². The number of aliphatic hydroxyl groups is 1. The molecule has 0 amide bonds. The van der Waals surface area contributed by atoms with Crippen LogP contribution >= 0.6 is 0 Å². The van der Waals surface area contributed by atoms with Crippen molar-refractivity contribution in [3.05, 3.63) is 71.0 Å². The quantitative estimate of drug-likeness (QED) is 0.555. The van der Waals surface area contributed by atoms with Crippen molar-refractivity contribution in [3.8, 4) is 11.1 Å². The topological polar surface area (TPSA) is 20.2 Å². The second-order valence-corrected chi connectivity index (χ2v) is 7.79. The molecule has 1 unspecified atom stereocenters. The third-order valence-electron chi connectivity index (χ3n) is 6.23. The molecule has 1 atom stereocenters. The number of allylic oxidation sites excluding steroid dienone is 2. The summed E-state index contributed by atoms with van der Waals surface area (Å²) >= 11 is 0. The summed E-state index contributed by atoms with van der Waals surface area (Å²) < 4.78 is 0. The molecule has 1 heteroatoms. The Bertz CT molecular complexity index is 868. The Morgan fingerprint density at radius 3 is 2.48 bits per heavy atom. The van der Waals surface area contributed by atoms with Gasteiger partial charge in [-0.2, -0.15) is 0 Å². The van der Waals surface area contributed by atoms with E-state index in [-0.39, 0.29) is 0 Å². The Labute approximate surface area is 164 Å². The number of fused-ring (bicyclic) bond motifs is 1. The van der Waals surface area contributed by atoms with E-state index in [2.05, 4.69) is 70.7 Å². The largest absolute Gasteiger partial charge is 0.512 e. The van der Waals surface area contributed by atoms with Crippen LogP contribution in [0.2, 0.25) is 0 Å². The number of aryl methyl sites for hydroxylation is 1. The van der Waals surface area contributed by atoms with Crippen LogP contribution in [-0.2, 0) is 0 Å². The highest BCUT2D eigenvalue weighted by atomic mass is 16.3. The normalized spacial score (nSPS) is 16.2. The van der Waals surface area contributed by atoms with Crippen LogP contribution < -0.4 is 0 Å². The minimum atomic E-state index is 0.359. The smallest absolute Gasteiger partial charge is 0.0934 e. The minimum Gasteiger partial charge on any atom is -0.512 e. The summed E-state index contributed by atoms with van der Waals surface area (Å²) in [5, 5.41) is 10.4. The average Bonchev–Trinajstić information content (AvgIpc) is 2.68. The zero-order valence-corrected chi connectivity index (χ0v) is 17.2. The van der Waals surface area contributed by atoms with Crippen molar-refractivity contribution in [2.45, 2.75) is 59.3 Å². The van der Waals surface area contributed by atoms with Gasteiger partial charge in [-0.15, -0.1) is 0 Å². The zero-order chi connectivity index (χ0) is 19.6. The molecule has 0 spiro atoms. The maximum Gasteiger partial charge on any atom is 0.0934 e. The van der Waals surface area contributed by atoms with Gasteiger partial charge in [0.2, 0.25) is 0 Å². The molecule has 0 heterocycles. The van der Waals surface area contributed by atoms with Crippen LogP contribution in [0.1, 0.15) is 74.6 Å². The lowest BCUT2D eigenvalue weighted by Crippen LogP contribution is -2.18. The van der Waals surface area contributed by atoms with Crippen molar-refractivity contribution in [1.29, 1.82) is 0 Å². The number of aliphatic hydroxyl groups excluding tert-OH is 1. The molecule has 0 saturated heterocycles. The van der Waals surface area contributed by atoms with E-state index >= 15 is 0 Å². The molecule has 1 aliphatic carbocycles. The molecule has 0 fully saturated rings. The first kappa shape index (κ1) is 19.5. The van der Waals surface area contributed by atoms with Gasteiger partial charge in [0.15, 0.2) is 0 Å². The van der Waals surface area contributed by atoms with Gasteiger partial charge in [0.25, 0.3) is 0 Å². The van der Waals surface area contributed by atoms with E-state index in [9.17, 15) is 5.11 Å². The summed E-state index contributed by atoms with van der Waals surface area (Å²) in [4.78, 5) is 0. The van der Waals surface area contributed by atoms with E-state index < -0.39 is 0 Å². The van der Waals surface area contributed by atoms with Gasteiger partial charge in [-0.1, -0.05) is 76.6 Å². The molecule has 2 aromatic rings. The summed E-state index contributed by atoms with van der Waals surface area (Å²) in [6.07, 6.45) is 5.91. The third-order valence-corrected chi connectivity index (χ3v) is 6.23. The first-order chi connectivity index (χ1) is 13.0. The molecule has 0 aliphatic heterocycles. The summed E-state index contributed by atoms with van der Waals surface area (Å²) in [5.41, 5.74) is 8.94. The number of rotatable bonds is 6. The summed E-state index contributed by atoms with van der Waals surface area (Å²) in [7, 11) is 0. The maximum absolute atomic E-state index is 10.4. The molecule has 1 aliphatic rings. The Morgan fingerprint density at radius 1 is 1.11 bits per heavy atom. The summed E-state index contributed by atoms with van der Waals surface area (Å²) in [6, 6.07) is 13.0. The Balaban J connectivity index is 2.31. The van der Waals surface area contributed by atoms with E-state index in [1.54, 1.807) is 0 Å². The first-order valence-corrected chi connectivity index (χ1v) is 10.3. The molecule has 0 radical (unpaired) electrons. The fourth-order valence-corrected chi connectivity index (χ4v) is 4.65. The van der Waals surface area contributed by atoms with Crippen molar-refractivity contribution in [3.63, 3.8) is 0 Å². The number of benzene rings is 2. The Morgan fingerprint density at radius 2 is 1.81 bits per heavy atom. The Kier molecular flexibility index (Phi) is 5.89. The van der Waals surface area contributed by atoms with Gasteiger partial charge >= 0.3 is 0 Å². The SMILES string of the molecule is C=C(CC)c1ccccc1-c1c(C)ccc2c1C(C(CC)CC)CC(O)=C2. The van der Waals surface area contributed by atoms with Gasteiger partial charge in [0.05, 0.1) is 5.76 Å². The molecule has 0 aromatic heterocycles. The second-order valence-electron chi connectivity index (χ2n) is 7.79. The van der Waals surface area contributed by atoms with Crippen LogP contribution in [0.25, 0.3) is 22.8 Å². The van der Waals surface area contributed by atoms with E-state index in [1.165, 1.54) is 39.0 Å². The van der Waals surface area contributed by atoms with Crippen molar-refractivity contribution >= 4 is 11.6 Å². The fraction of sp³-hybridized carbons (Fsp3) is 0.385. The molecule has 1 N–H and O–H groups in total. The van der Waals surface area contributed by atoms with E-state index in [0.29, 0.717) is 17.6 Å². The molecule has 142 valence electrons. The number of hydrogen-bond acceptors (Lipinski definition) is 1. The van der Waals surface area contributed by atoms with Crippen molar-refractivity contribution < 1.29 is 5.11 Å². The van der Waals surface area contributed by atoms with Crippen molar-refractivity contribution in [2.75, 3.05) is 0 Å². The van der Waals surface area contributed by atoms with E-state index in [4.69, 9.17) is 0 Å². The van der Waals surface area contributed by atoms with Crippen molar-refractivity contribution in [1.82, 2.24) is 0 Å². The minimum absolute atomic E-state index is 0.359. The van der Waals surface area contributed by atoms with Crippen LogP contribution in [0, 0.1) is 12.8 Å². The molecule has 0 bridgehead atoms. The highest BCUT2D eigenvalue weighted by Gasteiger charge is 2.30. The lowest BCUT2D eigenvalue weighted by Gasteiger charge is -2.33. The number of hydrogen-bond donors (Lipinski definition) is 1. The van der Waals surface area contributed by atoms with Crippen LogP contribution in [0.4, 0.5) is 0 Å². The van der Waals surface area contributed by atoms with Gasteiger partial charge in [-0.3, -0.25) is 0 Å². The molecule has 2 aromatic carbocycles. The molecule has 3 rings (SSSR count). The molecule has 0 saturated carbocycles. The lowest BCUT2D eigenvalue weighted by molar-refractivity contribution is 0.323. The van der Waals surface area contributed by atoms with Gasteiger partial charge in [0, 0.05) is 6.42 Å². The van der Waals surface area contributed by atoms with Gasteiger partial charge in [0.1, 0.15) is 0 Å². The second kappa shape index (κ2) is 8.17. The van der Waals surface area contributed by atoms with Crippen LogP contribution in [0.5, 0.6) is 0 Å². The molecular formula is C26H32O. The highest BCUT2D eigenvalue weighted by molar-refractivity contribution is 5.86. The van der Waals surface area contributed by atoms with Crippen LogP contribution in [0.15, 0.2) is 48.7 Å². The van der Waals surface area contributed by atoms with Gasteiger partial charge in [-0.25, -0.2) is 0 Å². The predicted octanol–water partition coefficient (Wildman–Crippen LogP) is 7.91. The molecule has 27 heavy (non-hydrogen) atoms. The summed E-state index contributed by atoms with van der Waals surface area (Å²) in [6.45, 7) is 13.2. The van der Waals surface area contributed by atoms with Crippen LogP contribution in [0.3, 0.4) is 0 Å². The Hall–Kier alpha value is -2.28. The highest BCUT2D eigenvalue weighted by Crippen LogP contribution is 2.47. The summed E-state index contributed by atoms with van der Waals surface area (Å²) in [5.74, 6) is 1.44. The van der Waals surface area contributed by atoms with Gasteiger partial charge < -0.3 is 5.11 Å². The lowest BCUT2D eigenvalue weighted by atomic mass is 9.71. The van der Waals surface area contributed by atoms with E-state index in [1.807, 2.05) is 6.08 Å². The molecule has 1 nitrogen and oxygen atoms in total. The predicted molar refractivity (Wildman–Crippen MR) is 118 cm³/mol. The molecular weight excluding hydrogens is 328 g/mol. The average molecular weight is 361 g/mol. The fourth-order valence-electron chi connectivity index (χ4n) is 4.65. The third kappa shape index (κ3) is 3.60. The first-order valence-electron chi connectivity index (χ1n) is 10.3. The standard InChI is InChI=1S/C26H32O/c1-6-17(4)22-11-9-10-12-23(22)25-18(5)13-14-20-15-21(27)16-24(26(20)25)19(7-2)8-3/h9-15,19,24,27H,4,6-8,16H2,1-3,5H3. The monoisotopic (exact) mass is 360 g/mol. The van der Waals surface area contributed by atoms with Gasteiger partial charge in [-0.05, 0) is 70.2 Å². The van der Waals surface area contributed by atoms with Crippen molar-refractivity contribution in [2.24, 2.45) is 5.92 Å². The zero-order valence-electron chi connectivity index (χ0n) is 17.2.